The molecule has 2 aromatic rings. The van der Waals surface area contributed by atoms with Gasteiger partial charge in [-0.2, -0.15) is 0 Å². The number of fused-ring (bicyclic) bond motifs is 1. The Morgan fingerprint density at radius 3 is 2.60 bits per heavy atom. The molecule has 2 aliphatic heterocycles. The summed E-state index contributed by atoms with van der Waals surface area (Å²) in [6.45, 7) is 3.94. The van der Waals surface area contributed by atoms with Crippen LogP contribution in [-0.4, -0.2) is 58.6 Å². The van der Waals surface area contributed by atoms with E-state index in [-0.39, 0.29) is 30.5 Å². The van der Waals surface area contributed by atoms with Gasteiger partial charge in [-0.15, -0.1) is 5.10 Å². The number of likely N-dealkylation sites (tertiary alicyclic amines) is 1. The minimum Gasteiger partial charge on any atom is -0.497 e. The summed E-state index contributed by atoms with van der Waals surface area (Å²) in [5, 5.41) is 8.33. The first kappa shape index (κ1) is 20.3. The first-order valence-corrected chi connectivity index (χ1v) is 10.2. The van der Waals surface area contributed by atoms with Gasteiger partial charge < -0.3 is 19.1 Å². The molecule has 0 N–H and O–H groups in total. The fourth-order valence-electron chi connectivity index (χ4n) is 3.93. The average Bonchev–Trinajstić information content (AvgIpc) is 3.22. The maximum Gasteiger partial charge on any atom is 0.309 e. The second kappa shape index (κ2) is 8.83. The van der Waals surface area contributed by atoms with Gasteiger partial charge in [0, 0.05) is 13.1 Å². The molecule has 4 rings (SSSR count). The van der Waals surface area contributed by atoms with E-state index in [4.69, 9.17) is 14.2 Å². The number of hydrogen-bond acceptors (Lipinski definition) is 7. The molecule has 0 bridgehead atoms. The molecule has 1 fully saturated rings. The van der Waals surface area contributed by atoms with E-state index in [1.807, 2.05) is 24.3 Å². The topological polar surface area (TPSA) is 95.8 Å². The number of carbonyl (C=O) groups excluding carboxylic acids is 2. The van der Waals surface area contributed by atoms with Crippen molar-refractivity contribution < 1.29 is 23.8 Å². The summed E-state index contributed by atoms with van der Waals surface area (Å²) in [5.41, 5.74) is 2.04. The highest BCUT2D eigenvalue weighted by atomic mass is 16.5. The van der Waals surface area contributed by atoms with Gasteiger partial charge in [0.1, 0.15) is 11.9 Å². The maximum atomic E-state index is 13.0. The molecule has 1 amide bonds. The van der Waals surface area contributed by atoms with Crippen molar-refractivity contribution in [1.29, 1.82) is 0 Å². The number of rotatable bonds is 5. The first-order chi connectivity index (χ1) is 14.6. The summed E-state index contributed by atoms with van der Waals surface area (Å²) >= 11 is 0. The van der Waals surface area contributed by atoms with Crippen molar-refractivity contribution in [2.75, 3.05) is 26.8 Å². The van der Waals surface area contributed by atoms with Crippen molar-refractivity contribution in [3.63, 3.8) is 0 Å². The zero-order chi connectivity index (χ0) is 21.1. The summed E-state index contributed by atoms with van der Waals surface area (Å²) in [4.78, 5) is 26.6. The fourth-order valence-corrected chi connectivity index (χ4v) is 3.93. The van der Waals surface area contributed by atoms with Crippen LogP contribution in [0.15, 0.2) is 24.3 Å². The number of nitrogens with zero attached hydrogens (tertiary/aromatic N) is 4. The molecule has 0 radical (unpaired) electrons. The number of methoxy groups -OCH3 is 1. The molecule has 9 heteroatoms. The molecule has 0 saturated carbocycles. The van der Waals surface area contributed by atoms with Crippen molar-refractivity contribution in [1.82, 2.24) is 19.9 Å². The quantitative estimate of drug-likeness (QED) is 0.690. The van der Waals surface area contributed by atoms with E-state index in [2.05, 4.69) is 10.3 Å². The Balaban J connectivity index is 1.40. The number of amides is 1. The standard InChI is InChI=1S/C21H26N4O5/c1-3-29-21(27)15-8-10-24(11-9-15)20(26)19-17-13-30-18(12-25(17)23-22-19)14-4-6-16(28-2)7-5-14/h4-7,15,18H,3,8-13H2,1-2H3. The van der Waals surface area contributed by atoms with E-state index in [1.54, 1.807) is 23.6 Å². The van der Waals surface area contributed by atoms with Crippen molar-refractivity contribution in [3.05, 3.63) is 41.2 Å². The number of carbonyl (C=O) groups is 2. The number of esters is 1. The van der Waals surface area contributed by atoms with Crippen molar-refractivity contribution in [3.8, 4) is 5.75 Å². The Labute approximate surface area is 174 Å². The lowest BCUT2D eigenvalue weighted by Crippen LogP contribution is -2.41. The highest BCUT2D eigenvalue weighted by Gasteiger charge is 2.33. The highest BCUT2D eigenvalue weighted by molar-refractivity contribution is 5.93. The second-order valence-electron chi connectivity index (χ2n) is 7.46. The molecule has 9 nitrogen and oxygen atoms in total. The minimum absolute atomic E-state index is 0.142. The summed E-state index contributed by atoms with van der Waals surface area (Å²) < 4.78 is 18.0. The van der Waals surface area contributed by atoms with Crippen LogP contribution in [0.3, 0.4) is 0 Å². The largest absolute Gasteiger partial charge is 0.497 e. The van der Waals surface area contributed by atoms with E-state index in [0.717, 1.165) is 11.3 Å². The van der Waals surface area contributed by atoms with E-state index < -0.39 is 0 Å². The highest BCUT2D eigenvalue weighted by Crippen LogP contribution is 2.29. The van der Waals surface area contributed by atoms with Crippen LogP contribution >= 0.6 is 0 Å². The summed E-state index contributed by atoms with van der Waals surface area (Å²) in [6, 6.07) is 7.71. The van der Waals surface area contributed by atoms with E-state index in [9.17, 15) is 9.59 Å². The molecule has 0 spiro atoms. The molecule has 3 heterocycles. The van der Waals surface area contributed by atoms with Crippen LogP contribution in [0.4, 0.5) is 0 Å². The van der Waals surface area contributed by atoms with E-state index in [1.165, 1.54) is 0 Å². The SMILES string of the molecule is CCOC(=O)C1CCN(C(=O)c2nnn3c2COC(c2ccc(OC)cc2)C3)CC1. The summed E-state index contributed by atoms with van der Waals surface area (Å²) in [5.74, 6) is 0.306. The van der Waals surface area contributed by atoms with Gasteiger partial charge in [0.2, 0.25) is 0 Å². The first-order valence-electron chi connectivity index (χ1n) is 10.2. The second-order valence-corrected chi connectivity index (χ2v) is 7.46. The van der Waals surface area contributed by atoms with Gasteiger partial charge in [-0.1, -0.05) is 17.3 Å². The van der Waals surface area contributed by atoms with Crippen LogP contribution in [0.2, 0.25) is 0 Å². The fraction of sp³-hybridized carbons (Fsp3) is 0.524. The maximum absolute atomic E-state index is 13.0. The van der Waals surface area contributed by atoms with Gasteiger partial charge in [0.05, 0.1) is 38.5 Å². The average molecular weight is 414 g/mol. The number of ether oxygens (including phenoxy) is 3. The van der Waals surface area contributed by atoms with Crippen LogP contribution in [0.25, 0.3) is 0 Å². The molecular weight excluding hydrogens is 388 g/mol. The van der Waals surface area contributed by atoms with Crippen LogP contribution in [0.5, 0.6) is 5.75 Å². The predicted molar refractivity (Wildman–Crippen MR) is 106 cm³/mol. The summed E-state index contributed by atoms with van der Waals surface area (Å²) in [6.07, 6.45) is 1.04. The zero-order valence-corrected chi connectivity index (χ0v) is 17.2. The Kier molecular flexibility index (Phi) is 5.98. The lowest BCUT2D eigenvalue weighted by atomic mass is 9.96. The molecule has 1 aromatic carbocycles. The van der Waals surface area contributed by atoms with Crippen molar-refractivity contribution in [2.24, 2.45) is 5.92 Å². The van der Waals surface area contributed by atoms with Crippen molar-refractivity contribution >= 4 is 11.9 Å². The van der Waals surface area contributed by atoms with E-state index >= 15 is 0 Å². The molecule has 1 atom stereocenters. The predicted octanol–water partition coefficient (Wildman–Crippen LogP) is 1.97. The normalized spacial score (nSPS) is 19.3. The number of piperidine rings is 1. The Morgan fingerprint density at radius 2 is 1.93 bits per heavy atom. The smallest absolute Gasteiger partial charge is 0.309 e. The number of aromatic nitrogens is 3. The third-order valence-corrected chi connectivity index (χ3v) is 5.69. The van der Waals surface area contributed by atoms with Gasteiger partial charge in [-0.3, -0.25) is 9.59 Å². The van der Waals surface area contributed by atoms with Crippen LogP contribution in [-0.2, 0) is 27.4 Å². The van der Waals surface area contributed by atoms with Gasteiger partial charge in [0.25, 0.3) is 5.91 Å². The number of benzene rings is 1. The molecule has 1 saturated heterocycles. The molecule has 1 unspecified atom stereocenters. The van der Waals surface area contributed by atoms with Gasteiger partial charge in [-0.05, 0) is 37.5 Å². The number of hydrogen-bond donors (Lipinski definition) is 0. The summed E-state index contributed by atoms with van der Waals surface area (Å²) in [7, 11) is 1.63. The molecule has 30 heavy (non-hydrogen) atoms. The minimum atomic E-state index is -0.177. The van der Waals surface area contributed by atoms with Gasteiger partial charge >= 0.3 is 5.97 Å². The van der Waals surface area contributed by atoms with Gasteiger partial charge in [0.15, 0.2) is 5.69 Å². The molecule has 0 aliphatic carbocycles. The Hall–Kier alpha value is -2.94. The zero-order valence-electron chi connectivity index (χ0n) is 17.2. The van der Waals surface area contributed by atoms with Crippen LogP contribution < -0.4 is 4.74 Å². The third kappa shape index (κ3) is 4.02. The third-order valence-electron chi connectivity index (χ3n) is 5.69. The van der Waals surface area contributed by atoms with Crippen molar-refractivity contribution in [2.45, 2.75) is 39.0 Å². The van der Waals surface area contributed by atoms with E-state index in [0.29, 0.717) is 50.5 Å². The molecule has 160 valence electrons. The van der Waals surface area contributed by atoms with Crippen LogP contribution in [0.1, 0.15) is 47.6 Å². The lowest BCUT2D eigenvalue weighted by molar-refractivity contribution is -0.149. The molecular formula is C21H26N4O5. The Morgan fingerprint density at radius 1 is 1.20 bits per heavy atom. The molecule has 1 aromatic heterocycles. The van der Waals surface area contributed by atoms with Crippen LogP contribution in [0, 0.1) is 5.92 Å². The van der Waals surface area contributed by atoms with Gasteiger partial charge in [-0.25, -0.2) is 4.68 Å². The lowest BCUT2D eigenvalue weighted by Gasteiger charge is -2.31. The monoisotopic (exact) mass is 414 g/mol. The Bertz CT molecular complexity index is 903. The molecule has 2 aliphatic rings.